The predicted octanol–water partition coefficient (Wildman–Crippen LogP) is 3.95. The summed E-state index contributed by atoms with van der Waals surface area (Å²) in [5, 5.41) is 9.27. The molecule has 1 saturated heterocycles. The first kappa shape index (κ1) is 19.8. The molecule has 1 amide bonds. The van der Waals surface area contributed by atoms with Crippen molar-refractivity contribution in [3.8, 4) is 6.07 Å². The summed E-state index contributed by atoms with van der Waals surface area (Å²) < 4.78 is 0. The van der Waals surface area contributed by atoms with E-state index >= 15 is 0 Å². The number of benzene rings is 3. The summed E-state index contributed by atoms with van der Waals surface area (Å²) in [7, 11) is 0. The molecule has 0 aromatic heterocycles. The third-order valence-electron chi connectivity index (χ3n) is 5.90. The van der Waals surface area contributed by atoms with E-state index in [2.05, 4.69) is 58.0 Å². The Bertz CT molecular complexity index is 951. The Balaban J connectivity index is 2.09. The molecular formula is C24H22BrN2OP. The first-order chi connectivity index (χ1) is 14.1. The van der Waals surface area contributed by atoms with Crippen molar-refractivity contribution in [3.63, 3.8) is 0 Å². The Morgan fingerprint density at radius 2 is 1.28 bits per heavy atom. The van der Waals surface area contributed by atoms with Crippen LogP contribution < -0.4 is 15.9 Å². The van der Waals surface area contributed by atoms with Crippen molar-refractivity contribution in [2.45, 2.75) is 12.1 Å². The van der Waals surface area contributed by atoms with Gasteiger partial charge in [-0.3, -0.25) is 0 Å². The quantitative estimate of drug-likeness (QED) is 0.423. The molecule has 0 N–H and O–H groups in total. The Morgan fingerprint density at radius 3 is 1.66 bits per heavy atom. The number of hydrogen-bond donors (Lipinski definition) is 0. The van der Waals surface area contributed by atoms with Gasteiger partial charge in [-0.1, -0.05) is 0 Å². The topological polar surface area (TPSA) is 44.1 Å². The molecule has 146 valence electrons. The van der Waals surface area contributed by atoms with Gasteiger partial charge < -0.3 is 0 Å². The van der Waals surface area contributed by atoms with Crippen molar-refractivity contribution in [2.24, 2.45) is 0 Å². The van der Waals surface area contributed by atoms with E-state index in [0.717, 1.165) is 15.9 Å². The molecule has 5 heteroatoms. The Hall–Kier alpha value is -2.47. The maximum atomic E-state index is 13.6. The fourth-order valence-corrected chi connectivity index (χ4v) is 13.2. The molecule has 0 aliphatic carbocycles. The molecule has 3 nitrogen and oxygen atoms in total. The van der Waals surface area contributed by atoms with Crippen molar-refractivity contribution < 1.29 is 4.79 Å². The van der Waals surface area contributed by atoms with E-state index in [1.54, 1.807) is 4.90 Å². The number of carbonyl (C=O) groups excluding carboxylic acids is 1. The number of nitriles is 1. The summed E-state index contributed by atoms with van der Waals surface area (Å²) in [6.07, 6.45) is 0.711. The van der Waals surface area contributed by atoms with Gasteiger partial charge in [0, 0.05) is 0 Å². The summed E-state index contributed by atoms with van der Waals surface area (Å²) >= 11 is 4.36. The average Bonchev–Trinajstić information content (AvgIpc) is 3.16. The number of likely N-dealkylation sites (tertiary alicyclic amines) is 1. The third-order valence-corrected chi connectivity index (χ3v) is 16.6. The molecule has 0 spiro atoms. The average molecular weight is 465 g/mol. The molecule has 1 heterocycles. The van der Waals surface area contributed by atoms with Crippen LogP contribution in [0.25, 0.3) is 0 Å². The van der Waals surface area contributed by atoms with Gasteiger partial charge in [-0.05, 0) is 0 Å². The van der Waals surface area contributed by atoms with Crippen molar-refractivity contribution in [2.75, 3.05) is 13.1 Å². The fourth-order valence-electron chi connectivity index (χ4n) is 4.56. The molecule has 0 bridgehead atoms. The molecule has 1 fully saturated rings. The van der Waals surface area contributed by atoms with E-state index in [-0.39, 0.29) is 18.1 Å². The SMILES string of the molecule is N#CCN1CCC(P(Br)(c2ccccc2)(c2ccccc2)c2ccccc2)C1=O. The van der Waals surface area contributed by atoms with Crippen LogP contribution in [-0.2, 0) is 4.79 Å². The second kappa shape index (κ2) is 7.75. The van der Waals surface area contributed by atoms with Crippen LogP contribution in [0.2, 0.25) is 0 Å². The zero-order valence-electron chi connectivity index (χ0n) is 16.0. The minimum absolute atomic E-state index is 0.0534. The van der Waals surface area contributed by atoms with E-state index < -0.39 is 5.31 Å². The molecule has 3 aromatic rings. The predicted molar refractivity (Wildman–Crippen MR) is 125 cm³/mol. The standard InChI is InChI=1S/C24H22BrN2OP/c25-29(20-10-4-1-5-11-20,21-12-6-2-7-13-21,22-14-8-3-9-15-22)23-16-18-27(19-17-26)24(23)28/h1-15,23H,16,18-19H2. The molecule has 1 unspecified atom stereocenters. The normalized spacial score (nSPS) is 18.1. The summed E-state index contributed by atoms with van der Waals surface area (Å²) in [6.45, 7) is 0.736. The van der Waals surface area contributed by atoms with Gasteiger partial charge in [0.15, 0.2) is 0 Å². The first-order valence-corrected chi connectivity index (χ1v) is 14.0. The second-order valence-corrected chi connectivity index (χ2v) is 16.0. The first-order valence-electron chi connectivity index (χ1n) is 9.66. The summed E-state index contributed by atoms with van der Waals surface area (Å²) in [6, 6.07) is 33.2. The van der Waals surface area contributed by atoms with Crippen molar-refractivity contribution in [3.05, 3.63) is 91.0 Å². The molecule has 1 aliphatic heterocycles. The molecule has 1 aliphatic rings. The van der Waals surface area contributed by atoms with Gasteiger partial charge in [-0.15, -0.1) is 0 Å². The molecule has 3 aromatic carbocycles. The molecule has 0 radical (unpaired) electrons. The third kappa shape index (κ3) is 2.92. The van der Waals surface area contributed by atoms with Gasteiger partial charge in [0.2, 0.25) is 0 Å². The zero-order valence-corrected chi connectivity index (χ0v) is 18.5. The Labute approximate surface area is 179 Å². The van der Waals surface area contributed by atoms with Gasteiger partial charge >= 0.3 is 180 Å². The van der Waals surface area contributed by atoms with Gasteiger partial charge in [-0.25, -0.2) is 0 Å². The van der Waals surface area contributed by atoms with E-state index in [1.807, 2.05) is 54.6 Å². The Morgan fingerprint density at radius 1 is 0.862 bits per heavy atom. The maximum absolute atomic E-state index is 13.6. The number of amides is 1. The zero-order chi connectivity index (χ0) is 20.3. The van der Waals surface area contributed by atoms with Crippen LogP contribution in [0.5, 0.6) is 0 Å². The molecule has 0 saturated carbocycles. The summed E-state index contributed by atoms with van der Waals surface area (Å²) in [5.41, 5.74) is -0.262. The van der Waals surface area contributed by atoms with Crippen LogP contribution in [0.15, 0.2) is 91.0 Å². The van der Waals surface area contributed by atoms with E-state index in [0.29, 0.717) is 13.0 Å². The number of nitrogens with zero attached hydrogens (tertiary/aromatic N) is 2. The fraction of sp³-hybridized carbons (Fsp3) is 0.167. The van der Waals surface area contributed by atoms with E-state index in [9.17, 15) is 10.1 Å². The molecule has 29 heavy (non-hydrogen) atoms. The van der Waals surface area contributed by atoms with Gasteiger partial charge in [0.25, 0.3) is 0 Å². The second-order valence-electron chi connectivity index (χ2n) is 7.30. The van der Waals surface area contributed by atoms with Crippen LogP contribution in [-0.4, -0.2) is 29.6 Å². The summed E-state index contributed by atoms with van der Waals surface area (Å²) in [5.74, 6) is 0.0534. The molecule has 4 rings (SSSR count). The molecular weight excluding hydrogens is 443 g/mol. The van der Waals surface area contributed by atoms with Crippen LogP contribution in [0.3, 0.4) is 0 Å². The van der Waals surface area contributed by atoms with Crippen molar-refractivity contribution in [1.29, 1.82) is 5.26 Å². The van der Waals surface area contributed by atoms with E-state index in [1.165, 1.54) is 0 Å². The number of hydrogen-bond acceptors (Lipinski definition) is 2. The van der Waals surface area contributed by atoms with Gasteiger partial charge in [-0.2, -0.15) is 0 Å². The van der Waals surface area contributed by atoms with Crippen LogP contribution >= 0.6 is 20.8 Å². The van der Waals surface area contributed by atoms with E-state index in [4.69, 9.17) is 0 Å². The van der Waals surface area contributed by atoms with Crippen LogP contribution in [0.1, 0.15) is 6.42 Å². The monoisotopic (exact) mass is 464 g/mol. The van der Waals surface area contributed by atoms with Crippen LogP contribution in [0, 0.1) is 11.3 Å². The van der Waals surface area contributed by atoms with Gasteiger partial charge in [0.05, 0.1) is 0 Å². The molecule has 1 atom stereocenters. The van der Waals surface area contributed by atoms with Gasteiger partial charge in [0.1, 0.15) is 0 Å². The number of halogens is 1. The number of carbonyl (C=O) groups is 1. The van der Waals surface area contributed by atoms with Crippen molar-refractivity contribution in [1.82, 2.24) is 4.90 Å². The number of rotatable bonds is 5. The van der Waals surface area contributed by atoms with Crippen molar-refractivity contribution >= 4 is 42.6 Å². The summed E-state index contributed by atoms with van der Waals surface area (Å²) in [4.78, 5) is 15.3. The van der Waals surface area contributed by atoms with Crippen LogP contribution in [0.4, 0.5) is 0 Å². The Kier molecular flexibility index (Phi) is 5.30. The minimum atomic E-state index is -3.33.